The number of para-hydroxylation sites is 1. The molecule has 3 aromatic rings. The van der Waals surface area contributed by atoms with Crippen LogP contribution < -0.4 is 11.2 Å². The molecule has 1 N–H and O–H groups in total. The van der Waals surface area contributed by atoms with E-state index in [9.17, 15) is 19.7 Å². The van der Waals surface area contributed by atoms with Crippen LogP contribution in [0.2, 0.25) is 0 Å². The fraction of sp³-hybridized carbons (Fsp3) is 0. The predicted octanol–water partition coefficient (Wildman–Crippen LogP) is 1.59. The van der Waals surface area contributed by atoms with E-state index in [1.54, 1.807) is 30.3 Å². The Kier molecular flexibility index (Phi) is 2.87. The van der Waals surface area contributed by atoms with Gasteiger partial charge in [-0.05, 0) is 18.2 Å². The molecule has 0 aliphatic rings. The number of aromatic nitrogens is 2. The highest BCUT2D eigenvalue weighted by Gasteiger charge is 2.12. The maximum Gasteiger partial charge on any atom is 0.333 e. The topological polar surface area (TPSA) is 98.0 Å². The second-order valence-electron chi connectivity index (χ2n) is 4.39. The molecule has 104 valence electrons. The van der Waals surface area contributed by atoms with Crippen LogP contribution in [0.1, 0.15) is 0 Å². The summed E-state index contributed by atoms with van der Waals surface area (Å²) in [4.78, 5) is 37.1. The van der Waals surface area contributed by atoms with E-state index in [1.165, 1.54) is 18.2 Å². The number of nitro groups is 1. The summed E-state index contributed by atoms with van der Waals surface area (Å²) in [5.41, 5.74) is -0.764. The van der Waals surface area contributed by atoms with Crippen LogP contribution in [0.25, 0.3) is 16.6 Å². The zero-order chi connectivity index (χ0) is 15.0. The van der Waals surface area contributed by atoms with Crippen molar-refractivity contribution in [2.45, 2.75) is 0 Å². The number of nitro benzene ring substituents is 1. The first kappa shape index (κ1) is 12.8. The average molecular weight is 283 g/mol. The van der Waals surface area contributed by atoms with Gasteiger partial charge in [0, 0.05) is 12.1 Å². The Morgan fingerprint density at radius 2 is 1.76 bits per heavy atom. The molecule has 21 heavy (non-hydrogen) atoms. The molecule has 2 aromatic carbocycles. The summed E-state index contributed by atoms with van der Waals surface area (Å²) in [7, 11) is 0. The lowest BCUT2D eigenvalue weighted by atomic mass is 10.2. The molecule has 0 aliphatic heterocycles. The lowest BCUT2D eigenvalue weighted by Gasteiger charge is -2.05. The molecule has 0 bridgehead atoms. The van der Waals surface area contributed by atoms with Crippen LogP contribution in [0, 0.1) is 10.1 Å². The molecule has 1 heterocycles. The normalized spacial score (nSPS) is 10.7. The second-order valence-corrected chi connectivity index (χ2v) is 4.39. The summed E-state index contributed by atoms with van der Waals surface area (Å²) in [6, 6.07) is 12.2. The van der Waals surface area contributed by atoms with Gasteiger partial charge in [0.15, 0.2) is 0 Å². The Bertz CT molecular complexity index is 957. The van der Waals surface area contributed by atoms with Crippen LogP contribution in [0.3, 0.4) is 0 Å². The molecule has 1 aromatic heterocycles. The molecular weight excluding hydrogens is 274 g/mol. The van der Waals surface area contributed by atoms with Crippen LogP contribution in [-0.2, 0) is 0 Å². The van der Waals surface area contributed by atoms with Gasteiger partial charge in [-0.1, -0.05) is 18.2 Å². The van der Waals surface area contributed by atoms with Gasteiger partial charge in [-0.3, -0.25) is 14.9 Å². The fourth-order valence-electron chi connectivity index (χ4n) is 2.13. The molecule has 0 aliphatic carbocycles. The van der Waals surface area contributed by atoms with E-state index in [-0.39, 0.29) is 16.6 Å². The smallest absolute Gasteiger partial charge is 0.306 e. The second kappa shape index (κ2) is 4.71. The van der Waals surface area contributed by atoms with Gasteiger partial charge in [0.1, 0.15) is 0 Å². The summed E-state index contributed by atoms with van der Waals surface area (Å²) < 4.78 is 0.994. The van der Waals surface area contributed by atoms with E-state index < -0.39 is 16.2 Å². The Labute approximate surface area is 117 Å². The minimum absolute atomic E-state index is 0.145. The molecule has 7 nitrogen and oxygen atoms in total. The molecule has 0 saturated carbocycles. The van der Waals surface area contributed by atoms with Gasteiger partial charge in [0.25, 0.3) is 11.2 Å². The Morgan fingerprint density at radius 3 is 2.43 bits per heavy atom. The number of hydrogen-bond acceptors (Lipinski definition) is 4. The van der Waals surface area contributed by atoms with E-state index in [1.807, 2.05) is 0 Å². The van der Waals surface area contributed by atoms with Gasteiger partial charge in [0.2, 0.25) is 0 Å². The SMILES string of the molecule is O=c1[nH]c2cc([N+](=O)[O-])ccc2c(=O)n1-c1ccccc1. The molecule has 7 heteroatoms. The molecule has 0 atom stereocenters. The molecule has 0 radical (unpaired) electrons. The van der Waals surface area contributed by atoms with Crippen LogP contribution in [-0.4, -0.2) is 14.5 Å². The van der Waals surface area contributed by atoms with Crippen molar-refractivity contribution in [1.29, 1.82) is 0 Å². The standard InChI is InChI=1S/C14H9N3O4/c18-13-11-7-6-10(17(20)21)8-12(11)15-14(19)16(13)9-4-2-1-3-5-9/h1-8H,(H,15,19). The zero-order valence-electron chi connectivity index (χ0n) is 10.6. The van der Waals surface area contributed by atoms with E-state index in [4.69, 9.17) is 0 Å². The van der Waals surface area contributed by atoms with Crippen LogP contribution >= 0.6 is 0 Å². The highest BCUT2D eigenvalue weighted by atomic mass is 16.6. The third kappa shape index (κ3) is 2.10. The highest BCUT2D eigenvalue weighted by molar-refractivity contribution is 5.80. The van der Waals surface area contributed by atoms with E-state index in [2.05, 4.69) is 4.98 Å². The van der Waals surface area contributed by atoms with Crippen molar-refractivity contribution in [3.63, 3.8) is 0 Å². The summed E-state index contributed by atoms with van der Waals surface area (Å²) in [6.45, 7) is 0. The van der Waals surface area contributed by atoms with Crippen molar-refractivity contribution >= 4 is 16.6 Å². The van der Waals surface area contributed by atoms with Gasteiger partial charge in [0.05, 0.1) is 21.5 Å². The van der Waals surface area contributed by atoms with Crippen molar-refractivity contribution < 1.29 is 4.92 Å². The Balaban J connectivity index is 2.36. The largest absolute Gasteiger partial charge is 0.333 e. The summed E-state index contributed by atoms with van der Waals surface area (Å²) in [5, 5.41) is 10.9. The number of nitrogens with one attached hydrogen (secondary N) is 1. The van der Waals surface area contributed by atoms with Crippen molar-refractivity contribution in [3.05, 3.63) is 79.5 Å². The molecule has 3 rings (SSSR count). The molecule has 0 spiro atoms. The lowest BCUT2D eigenvalue weighted by molar-refractivity contribution is -0.384. The van der Waals surface area contributed by atoms with Crippen molar-refractivity contribution in [2.75, 3.05) is 0 Å². The fourth-order valence-corrected chi connectivity index (χ4v) is 2.13. The monoisotopic (exact) mass is 283 g/mol. The number of hydrogen-bond donors (Lipinski definition) is 1. The highest BCUT2D eigenvalue weighted by Crippen LogP contribution is 2.16. The lowest BCUT2D eigenvalue weighted by Crippen LogP contribution is -2.33. The predicted molar refractivity (Wildman–Crippen MR) is 76.8 cm³/mol. The van der Waals surface area contributed by atoms with Gasteiger partial charge in [-0.25, -0.2) is 9.36 Å². The van der Waals surface area contributed by atoms with Crippen molar-refractivity contribution in [2.24, 2.45) is 0 Å². The van der Waals surface area contributed by atoms with E-state index in [0.717, 1.165) is 4.57 Å². The summed E-state index contributed by atoms with van der Waals surface area (Å²) >= 11 is 0. The molecular formula is C14H9N3O4. The third-order valence-corrected chi connectivity index (χ3v) is 3.11. The maximum absolute atomic E-state index is 12.4. The molecule has 0 unspecified atom stereocenters. The van der Waals surface area contributed by atoms with Crippen molar-refractivity contribution in [1.82, 2.24) is 9.55 Å². The van der Waals surface area contributed by atoms with Gasteiger partial charge < -0.3 is 4.98 Å². The van der Waals surface area contributed by atoms with Crippen molar-refractivity contribution in [3.8, 4) is 5.69 Å². The third-order valence-electron chi connectivity index (χ3n) is 3.11. The number of benzene rings is 2. The van der Waals surface area contributed by atoms with E-state index in [0.29, 0.717) is 5.69 Å². The minimum atomic E-state index is -0.640. The first-order chi connectivity index (χ1) is 10.1. The average Bonchev–Trinajstić information content (AvgIpc) is 2.47. The Morgan fingerprint density at radius 1 is 1.05 bits per heavy atom. The van der Waals surface area contributed by atoms with Crippen LogP contribution in [0.5, 0.6) is 0 Å². The minimum Gasteiger partial charge on any atom is -0.306 e. The summed E-state index contributed by atoms with van der Waals surface area (Å²) in [5.74, 6) is 0. The van der Waals surface area contributed by atoms with E-state index >= 15 is 0 Å². The number of non-ortho nitro benzene ring substituents is 1. The first-order valence-corrected chi connectivity index (χ1v) is 6.07. The zero-order valence-corrected chi connectivity index (χ0v) is 10.6. The maximum atomic E-state index is 12.4. The quantitative estimate of drug-likeness (QED) is 0.570. The number of fused-ring (bicyclic) bond motifs is 1. The van der Waals surface area contributed by atoms with Crippen LogP contribution in [0.4, 0.5) is 5.69 Å². The number of rotatable bonds is 2. The summed E-state index contributed by atoms with van der Waals surface area (Å²) in [6.07, 6.45) is 0. The Hall–Kier alpha value is -3.22. The molecule has 0 amide bonds. The number of aromatic amines is 1. The van der Waals surface area contributed by atoms with Gasteiger partial charge >= 0.3 is 5.69 Å². The van der Waals surface area contributed by atoms with Crippen LogP contribution in [0.15, 0.2) is 58.1 Å². The first-order valence-electron chi connectivity index (χ1n) is 6.07. The van der Waals surface area contributed by atoms with Gasteiger partial charge in [-0.2, -0.15) is 0 Å². The molecule has 0 saturated heterocycles. The number of H-pyrrole nitrogens is 1. The van der Waals surface area contributed by atoms with Gasteiger partial charge in [-0.15, -0.1) is 0 Å². The molecule has 0 fully saturated rings. The number of nitrogens with zero attached hydrogens (tertiary/aromatic N) is 2.